The van der Waals surface area contributed by atoms with Crippen LogP contribution in [0.1, 0.15) is 32.3 Å². The van der Waals surface area contributed by atoms with Gasteiger partial charge in [0.1, 0.15) is 5.75 Å². The van der Waals surface area contributed by atoms with E-state index in [0.717, 1.165) is 17.9 Å². The maximum atomic E-state index is 12.1. The Morgan fingerprint density at radius 3 is 2.68 bits per heavy atom. The summed E-state index contributed by atoms with van der Waals surface area (Å²) in [6.07, 6.45) is 3.58. The number of amides is 1. The van der Waals surface area contributed by atoms with E-state index in [1.165, 1.54) is 18.4 Å². The molecule has 1 aliphatic carbocycles. The van der Waals surface area contributed by atoms with Crippen LogP contribution in [0.2, 0.25) is 0 Å². The molecule has 1 aliphatic heterocycles. The second kappa shape index (κ2) is 4.55. The molecule has 1 aromatic rings. The number of fused-ring (bicyclic) bond motifs is 1. The third-order valence-corrected chi connectivity index (χ3v) is 4.42. The second-order valence-electron chi connectivity index (χ2n) is 5.89. The van der Waals surface area contributed by atoms with Gasteiger partial charge < -0.3 is 9.64 Å². The van der Waals surface area contributed by atoms with Crippen molar-refractivity contribution < 1.29 is 9.53 Å². The van der Waals surface area contributed by atoms with Gasteiger partial charge in [-0.2, -0.15) is 0 Å². The van der Waals surface area contributed by atoms with Crippen LogP contribution in [0.4, 0.5) is 5.69 Å². The predicted octanol–water partition coefficient (Wildman–Crippen LogP) is 3.02. The minimum absolute atomic E-state index is 0.151. The monoisotopic (exact) mass is 259 g/mol. The minimum atomic E-state index is 0.151. The fourth-order valence-electron chi connectivity index (χ4n) is 3.44. The Hall–Kier alpha value is -1.51. The van der Waals surface area contributed by atoms with Gasteiger partial charge in [-0.25, -0.2) is 0 Å². The lowest BCUT2D eigenvalue weighted by Crippen LogP contribution is -2.48. The predicted molar refractivity (Wildman–Crippen MR) is 75.5 cm³/mol. The molecule has 1 aromatic carbocycles. The van der Waals surface area contributed by atoms with Crippen molar-refractivity contribution in [1.82, 2.24) is 0 Å². The van der Waals surface area contributed by atoms with Crippen molar-refractivity contribution in [3.8, 4) is 5.75 Å². The molecule has 19 heavy (non-hydrogen) atoms. The average Bonchev–Trinajstić information content (AvgIpc) is 3.20. The molecule has 2 atom stereocenters. The molecule has 2 aliphatic rings. The molecular formula is C16H21NO2. The highest BCUT2D eigenvalue weighted by Crippen LogP contribution is 2.45. The summed E-state index contributed by atoms with van der Waals surface area (Å²) in [6.45, 7) is 3.95. The first-order chi connectivity index (χ1) is 9.11. The Kier molecular flexibility index (Phi) is 3.00. The molecule has 102 valence electrons. The SMILES string of the molecule is COc1ccc2c(c1)N(C(C)=O)C(C1CC1)C(C)C2. The number of nitrogens with zero attached hydrogens (tertiary/aromatic N) is 1. The van der Waals surface area contributed by atoms with Crippen LogP contribution in [0, 0.1) is 11.8 Å². The zero-order valence-electron chi connectivity index (χ0n) is 11.8. The van der Waals surface area contributed by atoms with E-state index < -0.39 is 0 Å². The van der Waals surface area contributed by atoms with Crippen LogP contribution < -0.4 is 9.64 Å². The number of hydrogen-bond acceptors (Lipinski definition) is 2. The number of ether oxygens (including phenoxy) is 1. The summed E-state index contributed by atoms with van der Waals surface area (Å²) in [5.74, 6) is 2.21. The van der Waals surface area contributed by atoms with Crippen LogP contribution in [0.5, 0.6) is 5.75 Å². The number of rotatable bonds is 2. The first-order valence-corrected chi connectivity index (χ1v) is 7.08. The van der Waals surface area contributed by atoms with Crippen molar-refractivity contribution in [2.75, 3.05) is 12.0 Å². The summed E-state index contributed by atoms with van der Waals surface area (Å²) >= 11 is 0. The first-order valence-electron chi connectivity index (χ1n) is 7.08. The molecule has 1 fully saturated rings. The normalized spacial score (nSPS) is 25.9. The highest BCUT2D eigenvalue weighted by Gasteiger charge is 2.43. The number of methoxy groups -OCH3 is 1. The lowest BCUT2D eigenvalue weighted by atomic mass is 9.84. The summed E-state index contributed by atoms with van der Waals surface area (Å²) in [4.78, 5) is 14.2. The topological polar surface area (TPSA) is 29.5 Å². The van der Waals surface area contributed by atoms with E-state index in [2.05, 4.69) is 13.0 Å². The summed E-state index contributed by atoms with van der Waals surface area (Å²) < 4.78 is 5.31. The molecule has 0 saturated heterocycles. The van der Waals surface area contributed by atoms with Crippen LogP contribution in [-0.4, -0.2) is 19.1 Å². The third kappa shape index (κ3) is 2.11. The maximum absolute atomic E-state index is 12.1. The van der Waals surface area contributed by atoms with Crippen LogP contribution >= 0.6 is 0 Å². The summed E-state index contributed by atoms with van der Waals surface area (Å²) in [7, 11) is 1.67. The van der Waals surface area contributed by atoms with Gasteiger partial charge in [0.15, 0.2) is 0 Å². The Bertz CT molecular complexity index is 507. The lowest BCUT2D eigenvalue weighted by Gasteiger charge is -2.41. The quantitative estimate of drug-likeness (QED) is 0.817. The van der Waals surface area contributed by atoms with Gasteiger partial charge in [0.05, 0.1) is 12.8 Å². The van der Waals surface area contributed by atoms with Crippen LogP contribution in [0.3, 0.4) is 0 Å². The van der Waals surface area contributed by atoms with E-state index in [-0.39, 0.29) is 5.91 Å². The van der Waals surface area contributed by atoms with Gasteiger partial charge in [-0.1, -0.05) is 13.0 Å². The largest absolute Gasteiger partial charge is 0.497 e. The summed E-state index contributed by atoms with van der Waals surface area (Å²) in [6, 6.07) is 6.47. The van der Waals surface area contributed by atoms with Crippen molar-refractivity contribution in [3.05, 3.63) is 23.8 Å². The lowest BCUT2D eigenvalue weighted by molar-refractivity contribution is -0.117. The van der Waals surface area contributed by atoms with E-state index in [1.54, 1.807) is 14.0 Å². The fraction of sp³-hybridized carbons (Fsp3) is 0.562. The molecule has 3 rings (SSSR count). The highest BCUT2D eigenvalue weighted by molar-refractivity contribution is 5.94. The minimum Gasteiger partial charge on any atom is -0.497 e. The Morgan fingerprint density at radius 2 is 2.11 bits per heavy atom. The zero-order chi connectivity index (χ0) is 13.6. The Balaban J connectivity index is 2.06. The number of carbonyl (C=O) groups excluding carboxylic acids is 1. The third-order valence-electron chi connectivity index (χ3n) is 4.42. The van der Waals surface area contributed by atoms with Crippen LogP contribution in [0.15, 0.2) is 18.2 Å². The molecule has 0 N–H and O–H groups in total. The fourth-order valence-corrected chi connectivity index (χ4v) is 3.44. The Labute approximate surface area is 114 Å². The van der Waals surface area contributed by atoms with E-state index >= 15 is 0 Å². The van der Waals surface area contributed by atoms with E-state index in [9.17, 15) is 4.79 Å². The molecule has 3 nitrogen and oxygen atoms in total. The van der Waals surface area contributed by atoms with Crippen molar-refractivity contribution in [3.63, 3.8) is 0 Å². The maximum Gasteiger partial charge on any atom is 0.224 e. The van der Waals surface area contributed by atoms with Crippen molar-refractivity contribution in [1.29, 1.82) is 0 Å². The molecule has 3 heteroatoms. The van der Waals surface area contributed by atoms with Gasteiger partial charge >= 0.3 is 0 Å². The molecule has 0 radical (unpaired) electrons. The van der Waals surface area contributed by atoms with Gasteiger partial charge in [-0.3, -0.25) is 4.79 Å². The molecule has 0 spiro atoms. The highest BCUT2D eigenvalue weighted by atomic mass is 16.5. The zero-order valence-corrected chi connectivity index (χ0v) is 11.8. The first kappa shape index (κ1) is 12.5. The number of benzene rings is 1. The molecule has 1 amide bonds. The number of carbonyl (C=O) groups is 1. The van der Waals surface area contributed by atoms with Crippen molar-refractivity contribution in [2.24, 2.45) is 11.8 Å². The van der Waals surface area contributed by atoms with Crippen LogP contribution in [0.25, 0.3) is 0 Å². The molecule has 2 unspecified atom stereocenters. The summed E-state index contributed by atoms with van der Waals surface area (Å²) in [5, 5.41) is 0. The van der Waals surface area contributed by atoms with Crippen molar-refractivity contribution in [2.45, 2.75) is 39.2 Å². The van der Waals surface area contributed by atoms with Gasteiger partial charge in [0.2, 0.25) is 5.91 Å². The Morgan fingerprint density at radius 1 is 1.37 bits per heavy atom. The smallest absolute Gasteiger partial charge is 0.224 e. The van der Waals surface area contributed by atoms with E-state index in [4.69, 9.17) is 4.74 Å². The average molecular weight is 259 g/mol. The van der Waals surface area contributed by atoms with Gasteiger partial charge in [0, 0.05) is 19.0 Å². The van der Waals surface area contributed by atoms with Crippen molar-refractivity contribution >= 4 is 11.6 Å². The number of anilines is 1. The second-order valence-corrected chi connectivity index (χ2v) is 5.89. The standard InChI is InChI=1S/C16H21NO2/c1-10-8-13-6-7-14(19-3)9-15(13)17(11(2)18)16(10)12-4-5-12/h6-7,9-10,12,16H,4-5,8H2,1-3H3. The molecule has 0 aromatic heterocycles. The van der Waals surface area contributed by atoms with Gasteiger partial charge in [-0.05, 0) is 42.7 Å². The summed E-state index contributed by atoms with van der Waals surface area (Å²) in [5.41, 5.74) is 2.32. The number of hydrogen-bond donors (Lipinski definition) is 0. The molecule has 1 heterocycles. The molecule has 1 saturated carbocycles. The molecule has 0 bridgehead atoms. The van der Waals surface area contributed by atoms with Gasteiger partial charge in [-0.15, -0.1) is 0 Å². The van der Waals surface area contributed by atoms with E-state index in [1.807, 2.05) is 17.0 Å². The van der Waals surface area contributed by atoms with E-state index in [0.29, 0.717) is 17.9 Å². The van der Waals surface area contributed by atoms with Crippen LogP contribution in [-0.2, 0) is 11.2 Å². The van der Waals surface area contributed by atoms with Gasteiger partial charge in [0.25, 0.3) is 0 Å². The molecular weight excluding hydrogens is 238 g/mol.